The molecule has 4 N–H and O–H groups in total. The molecule has 0 radical (unpaired) electrons. The van der Waals surface area contributed by atoms with Gasteiger partial charge in [0.05, 0.1) is 11.4 Å². The van der Waals surface area contributed by atoms with Crippen molar-refractivity contribution < 1.29 is 29.3 Å². The van der Waals surface area contributed by atoms with Crippen molar-refractivity contribution in [2.45, 2.75) is 0 Å². The van der Waals surface area contributed by atoms with Gasteiger partial charge in [-0.15, -0.1) is 0 Å². The van der Waals surface area contributed by atoms with Crippen molar-refractivity contribution in [2.24, 2.45) is 0 Å². The lowest BCUT2D eigenvalue weighted by atomic mass is 10.1. The summed E-state index contributed by atoms with van der Waals surface area (Å²) in [6.45, 7) is 0.498. The van der Waals surface area contributed by atoms with Crippen LogP contribution in [0.5, 0.6) is 11.5 Å². The molecule has 8 heteroatoms. The second-order valence-corrected chi connectivity index (χ2v) is 6.05. The maximum absolute atomic E-state index is 10.7. The smallest absolute Gasteiger partial charge is 0.328 e. The van der Waals surface area contributed by atoms with E-state index in [2.05, 4.69) is 10.6 Å². The third kappa shape index (κ3) is 6.90. The fourth-order valence-electron chi connectivity index (χ4n) is 2.58. The van der Waals surface area contributed by atoms with E-state index in [1.165, 1.54) is 12.2 Å². The first kappa shape index (κ1) is 22.4. The number of hydrogen-bond acceptors (Lipinski definition) is 6. The highest BCUT2D eigenvalue weighted by molar-refractivity contribution is 5.86. The number of nitrogens with one attached hydrogen (secondary N) is 2. The topological polar surface area (TPSA) is 117 Å². The summed E-state index contributed by atoms with van der Waals surface area (Å²) in [5.41, 5.74) is 2.92. The zero-order valence-electron chi connectivity index (χ0n) is 16.7. The van der Waals surface area contributed by atoms with Crippen LogP contribution in [0.3, 0.4) is 0 Å². The maximum atomic E-state index is 10.7. The summed E-state index contributed by atoms with van der Waals surface area (Å²) in [6.07, 6.45) is 5.10. The van der Waals surface area contributed by atoms with E-state index in [1.807, 2.05) is 0 Å². The van der Waals surface area contributed by atoms with Gasteiger partial charge in [0.25, 0.3) is 0 Å². The summed E-state index contributed by atoms with van der Waals surface area (Å²) in [5.74, 6) is -0.907. The lowest BCUT2D eigenvalue weighted by Crippen LogP contribution is -2.11. The van der Waals surface area contributed by atoms with Gasteiger partial charge >= 0.3 is 11.9 Å². The van der Waals surface area contributed by atoms with Crippen LogP contribution in [0, 0.1) is 0 Å². The molecule has 0 saturated carbocycles. The number of rotatable bonds is 11. The van der Waals surface area contributed by atoms with Crippen LogP contribution >= 0.6 is 0 Å². The largest absolute Gasteiger partial charge is 0.488 e. The van der Waals surface area contributed by atoms with Crippen molar-refractivity contribution in [3.05, 3.63) is 59.7 Å². The predicted octanol–water partition coefficient (Wildman–Crippen LogP) is 3.42. The lowest BCUT2D eigenvalue weighted by Gasteiger charge is -2.14. The van der Waals surface area contributed by atoms with Gasteiger partial charge in [0.15, 0.2) is 0 Å². The first-order chi connectivity index (χ1) is 14.4. The predicted molar refractivity (Wildman–Crippen MR) is 116 cm³/mol. The molecule has 0 fully saturated rings. The number of ether oxygens (including phenoxy) is 2. The first-order valence-electron chi connectivity index (χ1n) is 9.14. The van der Waals surface area contributed by atoms with Crippen LogP contribution in [0.2, 0.25) is 0 Å². The van der Waals surface area contributed by atoms with Crippen molar-refractivity contribution in [1.82, 2.24) is 0 Å². The highest BCUT2D eigenvalue weighted by Crippen LogP contribution is 2.28. The van der Waals surface area contributed by atoms with Crippen molar-refractivity contribution in [1.29, 1.82) is 0 Å². The molecule has 0 aliphatic rings. The number of carbonyl (C=O) groups is 2. The Balaban J connectivity index is 2.03. The zero-order valence-corrected chi connectivity index (χ0v) is 16.7. The third-order valence-corrected chi connectivity index (χ3v) is 3.99. The maximum Gasteiger partial charge on any atom is 0.328 e. The average molecular weight is 412 g/mol. The van der Waals surface area contributed by atoms with E-state index < -0.39 is 11.9 Å². The summed E-state index contributed by atoms with van der Waals surface area (Å²) in [7, 11) is 3.53. The summed E-state index contributed by atoms with van der Waals surface area (Å²) >= 11 is 0. The van der Waals surface area contributed by atoms with Crippen LogP contribution < -0.4 is 20.1 Å². The number of hydrogen-bond donors (Lipinski definition) is 4. The van der Waals surface area contributed by atoms with E-state index in [1.54, 1.807) is 50.5 Å². The van der Waals surface area contributed by atoms with Crippen LogP contribution in [0.4, 0.5) is 11.4 Å². The monoisotopic (exact) mass is 412 g/mol. The molecule has 0 heterocycles. The fourth-order valence-corrected chi connectivity index (χ4v) is 2.58. The Bertz CT molecular complexity index is 875. The average Bonchev–Trinajstić information content (AvgIpc) is 2.73. The fraction of sp³-hybridized carbons (Fsp3) is 0.182. The van der Waals surface area contributed by atoms with Gasteiger partial charge in [-0.3, -0.25) is 0 Å². The Morgan fingerprint density at radius 2 is 1.20 bits per heavy atom. The summed E-state index contributed by atoms with van der Waals surface area (Å²) in [5, 5.41) is 23.6. The van der Waals surface area contributed by atoms with Crippen LogP contribution in [-0.2, 0) is 9.59 Å². The Labute approximate surface area is 174 Å². The van der Waals surface area contributed by atoms with E-state index in [4.69, 9.17) is 19.7 Å². The van der Waals surface area contributed by atoms with Crippen molar-refractivity contribution >= 4 is 35.5 Å². The van der Waals surface area contributed by atoms with E-state index in [9.17, 15) is 9.59 Å². The molecule has 0 bridgehead atoms. The minimum absolute atomic E-state index is 0.249. The summed E-state index contributed by atoms with van der Waals surface area (Å²) in [4.78, 5) is 21.4. The standard InChI is InChI=1S/C22H24N2O6/c1-23-17-7-3-15(5-9-21(25)26)13-19(17)29-11-12-30-20-14-16(6-10-22(27)28)4-8-18(20)24-2/h3-10,13-14,23-24H,11-12H2,1-2H3,(H,25,26)(H,27,28). The van der Waals surface area contributed by atoms with Gasteiger partial charge in [-0.2, -0.15) is 0 Å². The van der Waals surface area contributed by atoms with Crippen molar-refractivity contribution in [3.63, 3.8) is 0 Å². The van der Waals surface area contributed by atoms with E-state index in [-0.39, 0.29) is 13.2 Å². The van der Waals surface area contributed by atoms with Gasteiger partial charge in [0.2, 0.25) is 0 Å². The van der Waals surface area contributed by atoms with Crippen LogP contribution in [0.1, 0.15) is 11.1 Å². The van der Waals surface area contributed by atoms with E-state index in [0.717, 1.165) is 23.5 Å². The molecular formula is C22H24N2O6. The summed E-state index contributed by atoms with van der Waals surface area (Å²) < 4.78 is 11.6. The number of carboxylic acid groups (broad SMARTS) is 2. The lowest BCUT2D eigenvalue weighted by molar-refractivity contribution is -0.132. The Morgan fingerprint density at radius 1 is 0.800 bits per heavy atom. The quantitative estimate of drug-likeness (QED) is 0.328. The molecule has 0 unspecified atom stereocenters. The van der Waals surface area contributed by atoms with Gasteiger partial charge in [-0.05, 0) is 47.5 Å². The van der Waals surface area contributed by atoms with Crippen molar-refractivity contribution in [2.75, 3.05) is 37.9 Å². The Kier molecular flexibility index (Phi) is 8.31. The molecule has 2 aromatic rings. The second-order valence-electron chi connectivity index (χ2n) is 6.05. The van der Waals surface area contributed by atoms with Gasteiger partial charge < -0.3 is 30.3 Å². The minimum atomic E-state index is -1.02. The molecule has 8 nitrogen and oxygen atoms in total. The van der Waals surface area contributed by atoms with Crippen LogP contribution in [0.25, 0.3) is 12.2 Å². The molecular weight excluding hydrogens is 388 g/mol. The highest BCUT2D eigenvalue weighted by atomic mass is 16.5. The number of anilines is 2. The van der Waals surface area contributed by atoms with Crippen LogP contribution in [-0.4, -0.2) is 49.5 Å². The molecule has 30 heavy (non-hydrogen) atoms. The zero-order chi connectivity index (χ0) is 21.9. The number of benzene rings is 2. The molecule has 158 valence electrons. The normalized spacial score (nSPS) is 10.9. The molecule has 0 saturated heterocycles. The summed E-state index contributed by atoms with van der Waals surface area (Å²) in [6, 6.07) is 10.6. The molecule has 2 rings (SSSR count). The molecule has 0 aliphatic heterocycles. The van der Waals surface area contributed by atoms with Crippen LogP contribution in [0.15, 0.2) is 48.6 Å². The molecule has 0 amide bonds. The van der Waals surface area contributed by atoms with Gasteiger partial charge in [-0.25, -0.2) is 9.59 Å². The minimum Gasteiger partial charge on any atom is -0.488 e. The van der Waals surface area contributed by atoms with E-state index in [0.29, 0.717) is 22.6 Å². The van der Waals surface area contributed by atoms with Gasteiger partial charge in [-0.1, -0.05) is 12.1 Å². The SMILES string of the molecule is CNc1ccc(C=CC(=O)O)cc1OCCOc1cc(C=CC(=O)O)ccc1NC. The highest BCUT2D eigenvalue weighted by Gasteiger charge is 2.06. The van der Waals surface area contributed by atoms with Crippen molar-refractivity contribution in [3.8, 4) is 11.5 Å². The Morgan fingerprint density at radius 3 is 1.53 bits per heavy atom. The Hall–Kier alpha value is -3.94. The van der Waals surface area contributed by atoms with Gasteiger partial charge in [0, 0.05) is 26.2 Å². The number of aliphatic carboxylic acids is 2. The molecule has 0 spiro atoms. The van der Waals surface area contributed by atoms with E-state index >= 15 is 0 Å². The second kappa shape index (κ2) is 11.2. The molecule has 0 atom stereocenters. The molecule has 2 aromatic carbocycles. The third-order valence-electron chi connectivity index (χ3n) is 3.99. The number of carboxylic acids is 2. The molecule has 0 aromatic heterocycles. The first-order valence-corrected chi connectivity index (χ1v) is 9.14. The van der Waals surface area contributed by atoms with Gasteiger partial charge in [0.1, 0.15) is 24.7 Å². The molecule has 0 aliphatic carbocycles.